The number of amides is 1. The summed E-state index contributed by atoms with van der Waals surface area (Å²) in [6, 6.07) is 1.97. The molecule has 0 aliphatic carbocycles. The molecule has 8 heteroatoms. The average Bonchev–Trinajstić information content (AvgIpc) is 2.46. The van der Waals surface area contributed by atoms with Gasteiger partial charge in [-0.15, -0.1) is 0 Å². The second-order valence-corrected chi connectivity index (χ2v) is 4.73. The lowest BCUT2D eigenvalue weighted by molar-refractivity contribution is -0.141. The second-order valence-electron chi connectivity index (χ2n) is 4.73. The summed E-state index contributed by atoms with van der Waals surface area (Å²) in [5.74, 6) is -0.333. The first kappa shape index (κ1) is 15.7. The van der Waals surface area contributed by atoms with E-state index in [1.54, 1.807) is 11.9 Å². The van der Waals surface area contributed by atoms with Crippen molar-refractivity contribution in [3.63, 3.8) is 0 Å². The minimum Gasteiger partial charge on any atom is -0.373 e. The minimum atomic E-state index is -4.50. The SMILES string of the molecule is CNCC1CN(C(=O)c2ccc(C(F)(F)F)nc2)CCO1. The third kappa shape index (κ3) is 3.92. The molecule has 1 amide bonds. The molecule has 1 N–H and O–H groups in total. The number of likely N-dealkylation sites (N-methyl/N-ethyl adjacent to an activating group) is 1. The summed E-state index contributed by atoms with van der Waals surface area (Å²) in [5, 5.41) is 2.96. The average molecular weight is 303 g/mol. The maximum Gasteiger partial charge on any atom is 0.433 e. The van der Waals surface area contributed by atoms with Crippen LogP contribution in [-0.2, 0) is 10.9 Å². The van der Waals surface area contributed by atoms with Crippen molar-refractivity contribution in [2.24, 2.45) is 0 Å². The lowest BCUT2D eigenvalue weighted by Gasteiger charge is -2.32. The van der Waals surface area contributed by atoms with Crippen LogP contribution >= 0.6 is 0 Å². The van der Waals surface area contributed by atoms with Crippen LogP contribution < -0.4 is 5.32 Å². The van der Waals surface area contributed by atoms with Crippen LogP contribution in [0.3, 0.4) is 0 Å². The quantitative estimate of drug-likeness (QED) is 0.910. The Kier molecular flexibility index (Phi) is 4.79. The van der Waals surface area contributed by atoms with Gasteiger partial charge in [0.25, 0.3) is 5.91 Å². The fraction of sp³-hybridized carbons (Fsp3) is 0.538. The van der Waals surface area contributed by atoms with Gasteiger partial charge in [-0.05, 0) is 19.2 Å². The fourth-order valence-corrected chi connectivity index (χ4v) is 2.13. The van der Waals surface area contributed by atoms with Crippen molar-refractivity contribution >= 4 is 5.91 Å². The van der Waals surface area contributed by atoms with Crippen molar-refractivity contribution in [2.45, 2.75) is 12.3 Å². The van der Waals surface area contributed by atoms with Gasteiger partial charge in [0.2, 0.25) is 0 Å². The summed E-state index contributed by atoms with van der Waals surface area (Å²) >= 11 is 0. The number of nitrogens with zero attached hydrogens (tertiary/aromatic N) is 2. The maximum atomic E-state index is 12.4. The monoisotopic (exact) mass is 303 g/mol. The molecule has 0 spiro atoms. The molecule has 1 aromatic rings. The second kappa shape index (κ2) is 6.40. The summed E-state index contributed by atoms with van der Waals surface area (Å²) in [6.45, 7) is 1.84. The molecule has 0 radical (unpaired) electrons. The summed E-state index contributed by atoms with van der Waals surface area (Å²) in [4.78, 5) is 17.1. The Bertz CT molecular complexity index is 488. The van der Waals surface area contributed by atoms with Crippen LogP contribution in [0.25, 0.3) is 0 Å². The number of rotatable bonds is 3. The van der Waals surface area contributed by atoms with E-state index in [0.717, 1.165) is 18.3 Å². The van der Waals surface area contributed by atoms with E-state index in [9.17, 15) is 18.0 Å². The van der Waals surface area contributed by atoms with Gasteiger partial charge in [-0.25, -0.2) is 0 Å². The number of hydrogen-bond donors (Lipinski definition) is 1. The first-order chi connectivity index (χ1) is 9.91. The number of carbonyl (C=O) groups excluding carboxylic acids is 1. The summed E-state index contributed by atoms with van der Waals surface area (Å²) in [6.07, 6.45) is -3.65. The molecule has 2 heterocycles. The van der Waals surface area contributed by atoms with E-state index in [-0.39, 0.29) is 17.6 Å². The number of nitrogens with one attached hydrogen (secondary N) is 1. The number of ether oxygens (including phenoxy) is 1. The molecular formula is C13H16F3N3O2. The number of pyridine rings is 1. The van der Waals surface area contributed by atoms with E-state index in [2.05, 4.69) is 10.3 Å². The highest BCUT2D eigenvalue weighted by Crippen LogP contribution is 2.27. The van der Waals surface area contributed by atoms with E-state index in [0.29, 0.717) is 26.2 Å². The standard InChI is InChI=1S/C13H16F3N3O2/c1-17-7-10-8-19(4-5-21-10)12(20)9-2-3-11(18-6-9)13(14,15)16/h2-3,6,10,17H,4-5,7-8H2,1H3. The number of alkyl halides is 3. The zero-order valence-corrected chi connectivity index (χ0v) is 11.5. The van der Waals surface area contributed by atoms with Crippen molar-refractivity contribution in [3.8, 4) is 0 Å². The molecule has 5 nitrogen and oxygen atoms in total. The predicted octanol–water partition coefficient (Wildman–Crippen LogP) is 1.16. The van der Waals surface area contributed by atoms with Gasteiger partial charge >= 0.3 is 6.18 Å². The number of hydrogen-bond acceptors (Lipinski definition) is 4. The van der Waals surface area contributed by atoms with E-state index < -0.39 is 11.9 Å². The lowest BCUT2D eigenvalue weighted by atomic mass is 10.2. The Morgan fingerprint density at radius 3 is 2.86 bits per heavy atom. The molecule has 1 fully saturated rings. The third-order valence-electron chi connectivity index (χ3n) is 3.16. The van der Waals surface area contributed by atoms with Gasteiger partial charge in [-0.3, -0.25) is 9.78 Å². The van der Waals surface area contributed by atoms with Crippen molar-refractivity contribution in [1.82, 2.24) is 15.2 Å². The number of morpholine rings is 1. The van der Waals surface area contributed by atoms with Gasteiger partial charge in [0.05, 0.1) is 18.3 Å². The number of halogens is 3. The Hall–Kier alpha value is -1.67. The Morgan fingerprint density at radius 1 is 1.52 bits per heavy atom. The highest BCUT2D eigenvalue weighted by Gasteiger charge is 2.32. The molecule has 1 aliphatic heterocycles. The molecule has 0 aromatic carbocycles. The zero-order chi connectivity index (χ0) is 15.5. The fourth-order valence-electron chi connectivity index (χ4n) is 2.13. The van der Waals surface area contributed by atoms with Crippen molar-refractivity contribution in [1.29, 1.82) is 0 Å². The molecule has 1 aliphatic rings. The van der Waals surface area contributed by atoms with Crippen LogP contribution in [0.1, 0.15) is 16.1 Å². The van der Waals surface area contributed by atoms with Crippen LogP contribution in [0.4, 0.5) is 13.2 Å². The molecule has 1 saturated heterocycles. The van der Waals surface area contributed by atoms with Gasteiger partial charge in [-0.1, -0.05) is 0 Å². The summed E-state index contributed by atoms with van der Waals surface area (Å²) in [7, 11) is 1.78. The molecule has 116 valence electrons. The molecule has 0 saturated carbocycles. The smallest absolute Gasteiger partial charge is 0.373 e. The highest BCUT2D eigenvalue weighted by atomic mass is 19.4. The van der Waals surface area contributed by atoms with E-state index >= 15 is 0 Å². The highest BCUT2D eigenvalue weighted by molar-refractivity contribution is 5.94. The van der Waals surface area contributed by atoms with Crippen LogP contribution in [0, 0.1) is 0 Å². The molecule has 2 rings (SSSR count). The lowest BCUT2D eigenvalue weighted by Crippen LogP contribution is -2.48. The predicted molar refractivity (Wildman–Crippen MR) is 68.8 cm³/mol. The topological polar surface area (TPSA) is 54.5 Å². The van der Waals surface area contributed by atoms with Crippen molar-refractivity contribution < 1.29 is 22.7 Å². The van der Waals surface area contributed by atoms with Crippen molar-refractivity contribution in [2.75, 3.05) is 33.3 Å². The van der Waals surface area contributed by atoms with Crippen LogP contribution in [-0.4, -0.2) is 55.2 Å². The number of carbonyl (C=O) groups is 1. The molecular weight excluding hydrogens is 287 g/mol. The molecule has 21 heavy (non-hydrogen) atoms. The van der Waals surface area contributed by atoms with E-state index in [4.69, 9.17) is 4.74 Å². The Labute approximate surface area is 120 Å². The molecule has 0 bridgehead atoms. The van der Waals surface area contributed by atoms with Gasteiger partial charge in [0, 0.05) is 25.8 Å². The van der Waals surface area contributed by atoms with Gasteiger partial charge in [0.15, 0.2) is 0 Å². The minimum absolute atomic E-state index is 0.116. The van der Waals surface area contributed by atoms with Gasteiger partial charge < -0.3 is 15.0 Å². The van der Waals surface area contributed by atoms with Gasteiger partial charge in [0.1, 0.15) is 5.69 Å². The molecule has 1 unspecified atom stereocenters. The van der Waals surface area contributed by atoms with E-state index in [1.807, 2.05) is 0 Å². The van der Waals surface area contributed by atoms with Crippen LogP contribution in [0.15, 0.2) is 18.3 Å². The first-order valence-corrected chi connectivity index (χ1v) is 6.50. The van der Waals surface area contributed by atoms with E-state index in [1.165, 1.54) is 0 Å². The van der Waals surface area contributed by atoms with Crippen molar-refractivity contribution in [3.05, 3.63) is 29.6 Å². The molecule has 1 atom stereocenters. The van der Waals surface area contributed by atoms with Crippen LogP contribution in [0.5, 0.6) is 0 Å². The summed E-state index contributed by atoms with van der Waals surface area (Å²) < 4.78 is 42.8. The normalized spacial score (nSPS) is 19.6. The Balaban J connectivity index is 2.05. The first-order valence-electron chi connectivity index (χ1n) is 6.50. The number of aromatic nitrogens is 1. The van der Waals surface area contributed by atoms with Crippen LogP contribution in [0.2, 0.25) is 0 Å². The molecule has 1 aromatic heterocycles. The largest absolute Gasteiger partial charge is 0.433 e. The Morgan fingerprint density at radius 2 is 2.29 bits per heavy atom. The maximum absolute atomic E-state index is 12.4. The summed E-state index contributed by atoms with van der Waals surface area (Å²) in [5.41, 5.74) is -0.859. The third-order valence-corrected chi connectivity index (χ3v) is 3.16. The van der Waals surface area contributed by atoms with Gasteiger partial charge in [-0.2, -0.15) is 13.2 Å². The zero-order valence-electron chi connectivity index (χ0n) is 11.5.